The molecule has 3 amide bonds. The predicted octanol–water partition coefficient (Wildman–Crippen LogP) is -0.365. The van der Waals surface area contributed by atoms with Gasteiger partial charge in [-0.2, -0.15) is 4.68 Å². The Balaban J connectivity index is 1.33. The molecule has 32 heavy (non-hydrogen) atoms. The van der Waals surface area contributed by atoms with Crippen LogP contribution in [-0.4, -0.2) is 111 Å². The third-order valence-electron chi connectivity index (χ3n) is 5.64. The van der Waals surface area contributed by atoms with Crippen LogP contribution >= 0.6 is 11.8 Å². The number of guanidine groups is 1. The van der Waals surface area contributed by atoms with Crippen LogP contribution in [0.2, 0.25) is 0 Å². The van der Waals surface area contributed by atoms with Crippen molar-refractivity contribution in [1.29, 1.82) is 0 Å². The number of imide groups is 1. The molecule has 4 heterocycles. The monoisotopic (exact) mass is 457 g/mol. The molecule has 1 N–H and O–H groups in total. The van der Waals surface area contributed by atoms with Gasteiger partial charge in [0.1, 0.15) is 0 Å². The van der Waals surface area contributed by atoms with E-state index < -0.39 is 18.2 Å². The second-order valence-electron chi connectivity index (χ2n) is 7.54. The van der Waals surface area contributed by atoms with Crippen molar-refractivity contribution >= 4 is 29.7 Å². The lowest BCUT2D eigenvalue weighted by Crippen LogP contribution is -2.64. The van der Waals surface area contributed by atoms with Gasteiger partial charge in [-0.3, -0.25) is 10.1 Å². The van der Waals surface area contributed by atoms with E-state index in [0.29, 0.717) is 43.8 Å². The van der Waals surface area contributed by atoms with Crippen LogP contribution in [-0.2, 0) is 9.53 Å². The Morgan fingerprint density at radius 2 is 1.97 bits per heavy atom. The first-order chi connectivity index (χ1) is 15.6. The zero-order valence-electron chi connectivity index (χ0n) is 17.5. The molecule has 13 heteroatoms. The van der Waals surface area contributed by atoms with Crippen LogP contribution in [0.1, 0.15) is 0 Å². The number of urea groups is 1. The number of tetrazole rings is 1. The molecule has 2 atom stereocenters. The number of morpholine rings is 1. The minimum absolute atomic E-state index is 0.329. The largest absolute Gasteiger partial charge is 0.378 e. The average molecular weight is 458 g/mol. The smallest absolute Gasteiger partial charge is 0.325 e. The Bertz CT molecular complexity index is 1020. The first-order valence-corrected chi connectivity index (χ1v) is 11.3. The van der Waals surface area contributed by atoms with Crippen molar-refractivity contribution in [1.82, 2.24) is 40.2 Å². The summed E-state index contributed by atoms with van der Waals surface area (Å²) in [5, 5.41) is 15.1. The third kappa shape index (κ3) is 3.77. The summed E-state index contributed by atoms with van der Waals surface area (Å²) in [6.07, 6.45) is -0.547. The highest BCUT2D eigenvalue weighted by molar-refractivity contribution is 7.99. The fourth-order valence-electron chi connectivity index (χ4n) is 4.01. The second kappa shape index (κ2) is 8.74. The number of aliphatic imine (C=N–C) groups is 1. The lowest BCUT2D eigenvalue weighted by molar-refractivity contribution is -0.127. The fraction of sp³-hybridized carbons (Fsp3) is 0.474. The van der Waals surface area contributed by atoms with Crippen LogP contribution in [0.5, 0.6) is 0 Å². The van der Waals surface area contributed by atoms with Gasteiger partial charge in [-0.1, -0.05) is 30.0 Å². The van der Waals surface area contributed by atoms with Gasteiger partial charge in [0.15, 0.2) is 18.2 Å². The number of fused-ring (bicyclic) bond motifs is 1. The molecule has 3 aliphatic rings. The van der Waals surface area contributed by atoms with E-state index in [-0.39, 0.29) is 5.91 Å². The maximum Gasteiger partial charge on any atom is 0.325 e. The molecule has 0 saturated carbocycles. The summed E-state index contributed by atoms with van der Waals surface area (Å²) in [5.74, 6) is 1.03. The molecule has 1 aromatic carbocycles. The van der Waals surface area contributed by atoms with E-state index in [2.05, 4.69) is 25.7 Å². The summed E-state index contributed by atoms with van der Waals surface area (Å²) in [5.41, 5.74) is 0.878. The lowest BCUT2D eigenvalue weighted by atomic mass is 10.1. The molecule has 3 aliphatic heterocycles. The van der Waals surface area contributed by atoms with E-state index in [0.717, 1.165) is 11.6 Å². The van der Waals surface area contributed by atoms with Gasteiger partial charge in [-0.15, -0.1) is 5.10 Å². The number of carbonyl (C=O) groups excluding carboxylic acids is 2. The van der Waals surface area contributed by atoms with Gasteiger partial charge in [-0.25, -0.2) is 9.79 Å². The first kappa shape index (κ1) is 20.7. The number of nitrogens with zero attached hydrogens (tertiary/aromatic N) is 8. The number of likely N-dealkylation sites (N-methyl/N-ethyl adjacent to an activating group) is 1. The number of hydrogen-bond donors (Lipinski definition) is 1. The number of ether oxygens (including phenoxy) is 1. The number of thioether (sulfide) groups is 1. The van der Waals surface area contributed by atoms with Gasteiger partial charge >= 0.3 is 6.03 Å². The molecule has 0 bridgehead atoms. The Morgan fingerprint density at radius 3 is 2.75 bits per heavy atom. The summed E-state index contributed by atoms with van der Waals surface area (Å²) in [4.78, 5) is 35.2. The lowest BCUT2D eigenvalue weighted by Gasteiger charge is -2.38. The minimum atomic E-state index is -0.568. The molecule has 5 rings (SSSR count). The normalized spacial score (nSPS) is 23.3. The number of benzene rings is 1. The topological polar surface area (TPSA) is 121 Å². The van der Waals surface area contributed by atoms with E-state index in [1.165, 1.54) is 16.7 Å². The molecule has 0 spiro atoms. The molecule has 2 aromatic rings. The highest BCUT2D eigenvalue weighted by atomic mass is 32.2. The van der Waals surface area contributed by atoms with Crippen molar-refractivity contribution < 1.29 is 14.3 Å². The first-order valence-electron chi connectivity index (χ1n) is 10.3. The number of para-hydroxylation sites is 1. The van der Waals surface area contributed by atoms with Crippen molar-refractivity contribution in [2.24, 2.45) is 4.99 Å². The van der Waals surface area contributed by atoms with Crippen LogP contribution in [0.3, 0.4) is 0 Å². The van der Waals surface area contributed by atoms with Crippen LogP contribution in [0.15, 0.2) is 40.5 Å². The molecule has 0 aliphatic carbocycles. The molecular weight excluding hydrogens is 434 g/mol. The van der Waals surface area contributed by atoms with Crippen molar-refractivity contribution in [2.45, 2.75) is 17.4 Å². The number of carbonyl (C=O) groups is 2. The van der Waals surface area contributed by atoms with E-state index in [9.17, 15) is 9.59 Å². The van der Waals surface area contributed by atoms with E-state index in [1.54, 1.807) is 11.7 Å². The van der Waals surface area contributed by atoms with Crippen LogP contribution in [0.25, 0.3) is 5.69 Å². The zero-order valence-corrected chi connectivity index (χ0v) is 18.3. The summed E-state index contributed by atoms with van der Waals surface area (Å²) in [6, 6.07) is 8.68. The molecule has 168 valence electrons. The van der Waals surface area contributed by atoms with Gasteiger partial charge in [0, 0.05) is 32.4 Å². The highest BCUT2D eigenvalue weighted by Gasteiger charge is 2.49. The predicted molar refractivity (Wildman–Crippen MR) is 115 cm³/mol. The van der Waals surface area contributed by atoms with Crippen molar-refractivity contribution in [3.63, 3.8) is 0 Å². The van der Waals surface area contributed by atoms with Crippen molar-refractivity contribution in [3.8, 4) is 5.69 Å². The summed E-state index contributed by atoms with van der Waals surface area (Å²) in [7, 11) is 1.66. The SMILES string of the molecule is CN1C(=O)NC(=O)C2C1N=C(N1CCOCC1)N2CCSc1nnnn1-c1ccccc1. The van der Waals surface area contributed by atoms with E-state index >= 15 is 0 Å². The van der Waals surface area contributed by atoms with E-state index in [4.69, 9.17) is 9.73 Å². The van der Waals surface area contributed by atoms with Crippen LogP contribution in [0, 0.1) is 0 Å². The molecule has 2 saturated heterocycles. The van der Waals surface area contributed by atoms with Gasteiger partial charge < -0.3 is 19.4 Å². The van der Waals surface area contributed by atoms with Crippen molar-refractivity contribution in [3.05, 3.63) is 30.3 Å². The standard InChI is InChI=1S/C19H23N9O3S/c1-25-15-14(16(29)21-18(25)30)27(17(20-15)26-7-10-31-11-8-26)9-12-32-19-22-23-24-28(19)13-5-3-2-4-6-13/h2-6,14-15H,7-12H2,1H3,(H,21,29,30). The number of hydrogen-bond acceptors (Lipinski definition) is 10. The van der Waals surface area contributed by atoms with Crippen LogP contribution < -0.4 is 5.32 Å². The number of amides is 3. The van der Waals surface area contributed by atoms with E-state index in [1.807, 2.05) is 35.2 Å². The fourth-order valence-corrected chi connectivity index (χ4v) is 4.84. The number of rotatable bonds is 5. The van der Waals surface area contributed by atoms with Crippen LogP contribution in [0.4, 0.5) is 4.79 Å². The number of nitrogens with one attached hydrogen (secondary N) is 1. The summed E-state index contributed by atoms with van der Waals surface area (Å²) >= 11 is 1.50. The molecule has 2 fully saturated rings. The molecule has 12 nitrogen and oxygen atoms in total. The second-order valence-corrected chi connectivity index (χ2v) is 8.61. The molecular formula is C19H23N9O3S. The van der Waals surface area contributed by atoms with Gasteiger partial charge in [0.25, 0.3) is 5.91 Å². The Kier molecular flexibility index (Phi) is 5.66. The molecule has 2 unspecified atom stereocenters. The zero-order chi connectivity index (χ0) is 22.1. The maximum absolute atomic E-state index is 12.7. The quantitative estimate of drug-likeness (QED) is 0.600. The van der Waals surface area contributed by atoms with Gasteiger partial charge in [0.05, 0.1) is 18.9 Å². The summed E-state index contributed by atoms with van der Waals surface area (Å²) < 4.78 is 7.16. The maximum atomic E-state index is 12.7. The van der Waals surface area contributed by atoms with Gasteiger partial charge in [-0.05, 0) is 22.6 Å². The van der Waals surface area contributed by atoms with Crippen molar-refractivity contribution in [2.75, 3.05) is 45.6 Å². The van der Waals surface area contributed by atoms with Gasteiger partial charge in [0.2, 0.25) is 5.16 Å². The Labute approximate surface area is 188 Å². The number of aromatic nitrogens is 4. The minimum Gasteiger partial charge on any atom is -0.378 e. The third-order valence-corrected chi connectivity index (χ3v) is 6.54. The average Bonchev–Trinajstić information content (AvgIpc) is 3.44. The Morgan fingerprint density at radius 1 is 1.19 bits per heavy atom. The Hall–Kier alpha value is -3.19. The summed E-state index contributed by atoms with van der Waals surface area (Å²) in [6.45, 7) is 3.12. The molecule has 0 radical (unpaired) electrons. The highest BCUT2D eigenvalue weighted by Crippen LogP contribution is 2.27. The molecule has 1 aromatic heterocycles.